The summed E-state index contributed by atoms with van der Waals surface area (Å²) >= 11 is 0. The molecule has 17 heavy (non-hydrogen) atoms. The highest BCUT2D eigenvalue weighted by Gasteiger charge is 2.21. The van der Waals surface area contributed by atoms with Crippen molar-refractivity contribution >= 4 is 0 Å². The van der Waals surface area contributed by atoms with Crippen LogP contribution in [0.25, 0.3) is 0 Å². The first-order valence-electron chi connectivity index (χ1n) is 6.83. The molecule has 0 aromatic heterocycles. The summed E-state index contributed by atoms with van der Waals surface area (Å²) < 4.78 is 0. The monoisotopic (exact) mass is 231 g/mol. The lowest BCUT2D eigenvalue weighted by Gasteiger charge is -2.30. The van der Waals surface area contributed by atoms with Crippen molar-refractivity contribution < 1.29 is 0 Å². The fraction of sp³-hybridized carbons (Fsp3) is 0.625. The van der Waals surface area contributed by atoms with Crippen LogP contribution in [0.2, 0.25) is 0 Å². The van der Waals surface area contributed by atoms with Gasteiger partial charge in [-0.1, -0.05) is 51.5 Å². The van der Waals surface area contributed by atoms with Crippen LogP contribution >= 0.6 is 0 Å². The van der Waals surface area contributed by atoms with Gasteiger partial charge in [-0.3, -0.25) is 0 Å². The average molecular weight is 231 g/mol. The van der Waals surface area contributed by atoms with Crippen molar-refractivity contribution in [1.82, 2.24) is 5.32 Å². The quantitative estimate of drug-likeness (QED) is 0.764. The topological polar surface area (TPSA) is 12.0 Å². The maximum Gasteiger partial charge on any atom is 0.0322 e. The second kappa shape index (κ2) is 4.81. The Bertz CT molecular complexity index is 375. The summed E-state index contributed by atoms with van der Waals surface area (Å²) in [5.41, 5.74) is 3.15. The number of rotatable bonds is 1. The Labute approximate surface area is 106 Å². The standard InChI is InChI=1S/C16H25N/c1-12-7-5-10-15(17-12)13-8-6-9-14(11-13)16(2,3)4/h6,8-9,11-12,15,17H,5,7,10H2,1-4H3. The molecule has 1 heteroatoms. The third kappa shape index (κ3) is 3.10. The summed E-state index contributed by atoms with van der Waals surface area (Å²) in [7, 11) is 0. The minimum absolute atomic E-state index is 0.246. The van der Waals surface area contributed by atoms with Crippen LogP contribution in [-0.2, 0) is 5.41 Å². The Balaban J connectivity index is 2.21. The molecule has 2 atom stereocenters. The van der Waals surface area contributed by atoms with Gasteiger partial charge in [0.05, 0.1) is 0 Å². The van der Waals surface area contributed by atoms with E-state index in [1.165, 1.54) is 30.4 Å². The van der Waals surface area contributed by atoms with Crippen LogP contribution in [-0.4, -0.2) is 6.04 Å². The van der Waals surface area contributed by atoms with Crippen LogP contribution < -0.4 is 5.32 Å². The second-order valence-corrected chi connectivity index (χ2v) is 6.43. The average Bonchev–Trinajstić information content (AvgIpc) is 2.28. The highest BCUT2D eigenvalue weighted by Crippen LogP contribution is 2.29. The van der Waals surface area contributed by atoms with Crippen LogP contribution in [0.15, 0.2) is 24.3 Å². The summed E-state index contributed by atoms with van der Waals surface area (Å²) in [6.07, 6.45) is 3.94. The molecular weight excluding hydrogens is 206 g/mol. The number of piperidine rings is 1. The van der Waals surface area contributed by atoms with Gasteiger partial charge in [0.15, 0.2) is 0 Å². The minimum Gasteiger partial charge on any atom is -0.307 e. The van der Waals surface area contributed by atoms with E-state index in [0.29, 0.717) is 12.1 Å². The summed E-state index contributed by atoms with van der Waals surface area (Å²) in [6, 6.07) is 10.3. The van der Waals surface area contributed by atoms with E-state index in [1.54, 1.807) is 0 Å². The molecule has 1 nitrogen and oxygen atoms in total. The maximum atomic E-state index is 3.71. The molecule has 94 valence electrons. The molecule has 1 aliphatic heterocycles. The molecule has 0 bridgehead atoms. The first kappa shape index (κ1) is 12.6. The van der Waals surface area contributed by atoms with Gasteiger partial charge in [0.2, 0.25) is 0 Å². The number of benzene rings is 1. The van der Waals surface area contributed by atoms with Crippen molar-refractivity contribution in [3.05, 3.63) is 35.4 Å². The third-order valence-corrected chi connectivity index (χ3v) is 3.77. The number of hydrogen-bond donors (Lipinski definition) is 1. The summed E-state index contributed by atoms with van der Waals surface area (Å²) in [4.78, 5) is 0. The second-order valence-electron chi connectivity index (χ2n) is 6.43. The molecule has 1 saturated heterocycles. The Kier molecular flexibility index (Phi) is 3.58. The lowest BCUT2D eigenvalue weighted by Crippen LogP contribution is -2.34. The molecule has 0 aliphatic carbocycles. The first-order valence-corrected chi connectivity index (χ1v) is 6.83. The lowest BCUT2D eigenvalue weighted by molar-refractivity contribution is 0.341. The molecular formula is C16H25N. The van der Waals surface area contributed by atoms with Crippen LogP contribution in [0.4, 0.5) is 0 Å². The van der Waals surface area contributed by atoms with Gasteiger partial charge in [0.1, 0.15) is 0 Å². The van der Waals surface area contributed by atoms with Gasteiger partial charge in [0, 0.05) is 12.1 Å². The summed E-state index contributed by atoms with van der Waals surface area (Å²) in [5.74, 6) is 0. The van der Waals surface area contributed by atoms with E-state index >= 15 is 0 Å². The minimum atomic E-state index is 0.246. The van der Waals surface area contributed by atoms with Gasteiger partial charge >= 0.3 is 0 Å². The number of hydrogen-bond acceptors (Lipinski definition) is 1. The predicted octanol–water partition coefficient (Wildman–Crippen LogP) is 4.19. The molecule has 0 amide bonds. The molecule has 1 N–H and O–H groups in total. The molecule has 1 aromatic carbocycles. The smallest absolute Gasteiger partial charge is 0.0322 e. The van der Waals surface area contributed by atoms with Gasteiger partial charge in [-0.2, -0.15) is 0 Å². The van der Waals surface area contributed by atoms with Gasteiger partial charge < -0.3 is 5.32 Å². The van der Waals surface area contributed by atoms with E-state index in [4.69, 9.17) is 0 Å². The molecule has 0 radical (unpaired) electrons. The largest absolute Gasteiger partial charge is 0.307 e. The van der Waals surface area contributed by atoms with Crippen molar-refractivity contribution in [2.75, 3.05) is 0 Å². The fourth-order valence-corrected chi connectivity index (χ4v) is 2.62. The van der Waals surface area contributed by atoms with Crippen molar-refractivity contribution in [3.8, 4) is 0 Å². The SMILES string of the molecule is CC1CCCC(c2cccc(C(C)(C)C)c2)N1. The van der Waals surface area contributed by atoms with Crippen LogP contribution in [0.3, 0.4) is 0 Å². The molecule has 1 aliphatic rings. The van der Waals surface area contributed by atoms with Crippen molar-refractivity contribution in [2.45, 2.75) is 64.5 Å². The Morgan fingerprint density at radius 3 is 2.59 bits per heavy atom. The molecule has 1 heterocycles. The Morgan fingerprint density at radius 1 is 1.18 bits per heavy atom. The number of nitrogens with one attached hydrogen (secondary N) is 1. The van der Waals surface area contributed by atoms with E-state index in [0.717, 1.165) is 0 Å². The van der Waals surface area contributed by atoms with E-state index in [2.05, 4.69) is 57.3 Å². The maximum absolute atomic E-state index is 3.71. The van der Waals surface area contributed by atoms with E-state index < -0.39 is 0 Å². The zero-order chi connectivity index (χ0) is 12.5. The summed E-state index contributed by atoms with van der Waals surface area (Å²) in [6.45, 7) is 9.13. The molecule has 0 saturated carbocycles. The fourth-order valence-electron chi connectivity index (χ4n) is 2.62. The van der Waals surface area contributed by atoms with Gasteiger partial charge in [0.25, 0.3) is 0 Å². The highest BCUT2D eigenvalue weighted by atomic mass is 15.0. The first-order chi connectivity index (χ1) is 7.97. The highest BCUT2D eigenvalue weighted by molar-refractivity contribution is 5.30. The predicted molar refractivity (Wildman–Crippen MR) is 74.3 cm³/mol. The molecule has 1 aromatic rings. The van der Waals surface area contributed by atoms with Gasteiger partial charge in [-0.15, -0.1) is 0 Å². The van der Waals surface area contributed by atoms with Crippen LogP contribution in [0.5, 0.6) is 0 Å². The van der Waals surface area contributed by atoms with Crippen molar-refractivity contribution in [1.29, 1.82) is 0 Å². The van der Waals surface area contributed by atoms with Crippen molar-refractivity contribution in [3.63, 3.8) is 0 Å². The molecule has 2 rings (SSSR count). The van der Waals surface area contributed by atoms with E-state index in [-0.39, 0.29) is 5.41 Å². The van der Waals surface area contributed by atoms with E-state index in [9.17, 15) is 0 Å². The van der Waals surface area contributed by atoms with Crippen LogP contribution in [0, 0.1) is 0 Å². The summed E-state index contributed by atoms with van der Waals surface area (Å²) in [5, 5.41) is 3.71. The third-order valence-electron chi connectivity index (χ3n) is 3.77. The van der Waals surface area contributed by atoms with Gasteiger partial charge in [-0.05, 0) is 36.3 Å². The Morgan fingerprint density at radius 2 is 1.94 bits per heavy atom. The van der Waals surface area contributed by atoms with E-state index in [1.807, 2.05) is 0 Å². The van der Waals surface area contributed by atoms with Crippen molar-refractivity contribution in [2.24, 2.45) is 0 Å². The molecule has 0 spiro atoms. The molecule has 2 unspecified atom stereocenters. The van der Waals surface area contributed by atoms with Crippen LogP contribution in [0.1, 0.15) is 64.1 Å². The lowest BCUT2D eigenvalue weighted by atomic mass is 9.84. The normalized spacial score (nSPS) is 25.9. The zero-order valence-corrected chi connectivity index (χ0v) is 11.6. The Hall–Kier alpha value is -0.820. The zero-order valence-electron chi connectivity index (χ0n) is 11.6. The molecule has 1 fully saturated rings. The van der Waals surface area contributed by atoms with Gasteiger partial charge in [-0.25, -0.2) is 0 Å².